The Morgan fingerprint density at radius 2 is 1.86 bits per heavy atom. The molecule has 0 spiro atoms. The van der Waals surface area contributed by atoms with Crippen LogP contribution >= 0.6 is 0 Å². The SMILES string of the molecule is Cc1nccn1CC(C)Cc1ccc(OCCC(C)C)cc1. The molecule has 0 bridgehead atoms. The summed E-state index contributed by atoms with van der Waals surface area (Å²) in [5.74, 6) is 3.33. The molecule has 1 unspecified atom stereocenters. The fraction of sp³-hybridized carbons (Fsp3) is 0.526. The van der Waals surface area contributed by atoms with E-state index in [4.69, 9.17) is 4.74 Å². The van der Waals surface area contributed by atoms with E-state index in [0.29, 0.717) is 11.8 Å². The first-order chi connectivity index (χ1) is 10.5. The number of hydrogen-bond acceptors (Lipinski definition) is 2. The third-order valence-electron chi connectivity index (χ3n) is 3.90. The van der Waals surface area contributed by atoms with Crippen LogP contribution in [0.3, 0.4) is 0 Å². The molecule has 0 saturated carbocycles. The standard InChI is InChI=1S/C19H28N2O/c1-15(2)9-12-22-19-7-5-18(6-8-19)13-16(3)14-21-11-10-20-17(21)4/h5-8,10-11,15-16H,9,12-14H2,1-4H3. The summed E-state index contributed by atoms with van der Waals surface area (Å²) < 4.78 is 7.98. The molecule has 1 aromatic carbocycles. The van der Waals surface area contributed by atoms with Crippen molar-refractivity contribution in [1.82, 2.24) is 9.55 Å². The molecular formula is C19H28N2O. The molecule has 0 aliphatic heterocycles. The van der Waals surface area contributed by atoms with Crippen molar-refractivity contribution in [2.24, 2.45) is 11.8 Å². The first kappa shape index (κ1) is 16.6. The van der Waals surface area contributed by atoms with Crippen LogP contribution in [0.15, 0.2) is 36.7 Å². The van der Waals surface area contributed by atoms with Gasteiger partial charge in [-0.3, -0.25) is 0 Å². The van der Waals surface area contributed by atoms with E-state index in [0.717, 1.165) is 37.6 Å². The molecule has 0 saturated heterocycles. The minimum atomic E-state index is 0.584. The van der Waals surface area contributed by atoms with Crippen LogP contribution in [0, 0.1) is 18.8 Å². The van der Waals surface area contributed by atoms with Gasteiger partial charge >= 0.3 is 0 Å². The van der Waals surface area contributed by atoms with E-state index in [-0.39, 0.29) is 0 Å². The van der Waals surface area contributed by atoms with Crippen LogP contribution < -0.4 is 4.74 Å². The van der Waals surface area contributed by atoms with Crippen LogP contribution in [0.2, 0.25) is 0 Å². The van der Waals surface area contributed by atoms with Crippen molar-refractivity contribution < 1.29 is 4.74 Å². The molecule has 120 valence electrons. The van der Waals surface area contributed by atoms with Gasteiger partial charge in [0, 0.05) is 18.9 Å². The Morgan fingerprint density at radius 3 is 2.45 bits per heavy atom. The van der Waals surface area contributed by atoms with Gasteiger partial charge in [-0.2, -0.15) is 0 Å². The quantitative estimate of drug-likeness (QED) is 0.718. The Morgan fingerprint density at radius 1 is 1.14 bits per heavy atom. The molecule has 0 fully saturated rings. The molecule has 1 heterocycles. The first-order valence-corrected chi connectivity index (χ1v) is 8.24. The smallest absolute Gasteiger partial charge is 0.119 e. The number of imidazole rings is 1. The molecule has 0 N–H and O–H groups in total. The highest BCUT2D eigenvalue weighted by molar-refractivity contribution is 5.27. The third-order valence-corrected chi connectivity index (χ3v) is 3.90. The summed E-state index contributed by atoms with van der Waals surface area (Å²) in [5.41, 5.74) is 1.36. The van der Waals surface area contributed by atoms with Crippen LogP contribution in [-0.4, -0.2) is 16.2 Å². The summed E-state index contributed by atoms with van der Waals surface area (Å²) in [6, 6.07) is 8.54. The van der Waals surface area contributed by atoms with Crippen LogP contribution in [0.1, 0.15) is 38.6 Å². The molecule has 2 aromatic rings. The van der Waals surface area contributed by atoms with Crippen molar-refractivity contribution in [2.75, 3.05) is 6.61 Å². The topological polar surface area (TPSA) is 27.1 Å². The number of rotatable bonds is 8. The number of nitrogens with zero attached hydrogens (tertiary/aromatic N) is 2. The lowest BCUT2D eigenvalue weighted by molar-refractivity contribution is 0.289. The molecule has 3 heteroatoms. The summed E-state index contributed by atoms with van der Waals surface area (Å²) in [5, 5.41) is 0. The van der Waals surface area contributed by atoms with Crippen molar-refractivity contribution >= 4 is 0 Å². The maximum Gasteiger partial charge on any atom is 0.119 e. The molecular weight excluding hydrogens is 272 g/mol. The van der Waals surface area contributed by atoms with Crippen molar-refractivity contribution in [3.8, 4) is 5.75 Å². The highest BCUT2D eigenvalue weighted by Gasteiger charge is 2.07. The van der Waals surface area contributed by atoms with E-state index in [1.165, 1.54) is 5.56 Å². The van der Waals surface area contributed by atoms with E-state index < -0.39 is 0 Å². The van der Waals surface area contributed by atoms with E-state index in [1.807, 2.05) is 6.20 Å². The van der Waals surface area contributed by atoms with Gasteiger partial charge in [0.25, 0.3) is 0 Å². The first-order valence-electron chi connectivity index (χ1n) is 8.24. The second-order valence-corrected chi connectivity index (χ2v) is 6.61. The number of hydrogen-bond donors (Lipinski definition) is 0. The maximum atomic E-state index is 5.77. The monoisotopic (exact) mass is 300 g/mol. The van der Waals surface area contributed by atoms with Crippen LogP contribution in [0.4, 0.5) is 0 Å². The lowest BCUT2D eigenvalue weighted by Gasteiger charge is -2.14. The summed E-state index contributed by atoms with van der Waals surface area (Å²) in [7, 11) is 0. The summed E-state index contributed by atoms with van der Waals surface area (Å²) in [6.07, 6.45) is 6.09. The van der Waals surface area contributed by atoms with E-state index in [9.17, 15) is 0 Å². The fourth-order valence-corrected chi connectivity index (χ4v) is 2.53. The van der Waals surface area contributed by atoms with Gasteiger partial charge in [-0.1, -0.05) is 32.9 Å². The van der Waals surface area contributed by atoms with Crippen LogP contribution in [0.5, 0.6) is 5.75 Å². The molecule has 2 rings (SSSR count). The molecule has 0 radical (unpaired) electrons. The van der Waals surface area contributed by atoms with Gasteiger partial charge in [0.1, 0.15) is 11.6 Å². The van der Waals surface area contributed by atoms with Crippen molar-refractivity contribution in [3.05, 3.63) is 48.0 Å². The minimum absolute atomic E-state index is 0.584. The second-order valence-electron chi connectivity index (χ2n) is 6.61. The van der Waals surface area contributed by atoms with Crippen LogP contribution in [0.25, 0.3) is 0 Å². The van der Waals surface area contributed by atoms with E-state index in [2.05, 4.69) is 67.7 Å². The highest BCUT2D eigenvalue weighted by Crippen LogP contribution is 2.17. The molecule has 1 aromatic heterocycles. The zero-order valence-electron chi connectivity index (χ0n) is 14.2. The largest absolute Gasteiger partial charge is 0.494 e. The Labute approximate surface area is 134 Å². The van der Waals surface area contributed by atoms with Gasteiger partial charge in [-0.05, 0) is 49.3 Å². The van der Waals surface area contributed by atoms with Crippen LogP contribution in [-0.2, 0) is 13.0 Å². The third kappa shape index (κ3) is 5.21. The summed E-state index contributed by atoms with van der Waals surface area (Å²) >= 11 is 0. The predicted molar refractivity (Wildman–Crippen MR) is 91.2 cm³/mol. The number of aryl methyl sites for hydroxylation is 1. The van der Waals surface area contributed by atoms with Gasteiger partial charge in [0.15, 0.2) is 0 Å². The Hall–Kier alpha value is -1.77. The molecule has 0 amide bonds. The molecule has 0 aliphatic carbocycles. The zero-order chi connectivity index (χ0) is 15.9. The predicted octanol–water partition coefficient (Wildman–Crippen LogP) is 4.50. The number of aromatic nitrogens is 2. The van der Waals surface area contributed by atoms with Crippen molar-refractivity contribution in [1.29, 1.82) is 0 Å². The number of ether oxygens (including phenoxy) is 1. The summed E-state index contributed by atoms with van der Waals surface area (Å²) in [6.45, 7) is 10.6. The van der Waals surface area contributed by atoms with Gasteiger partial charge < -0.3 is 9.30 Å². The normalized spacial score (nSPS) is 12.6. The average Bonchev–Trinajstić information content (AvgIpc) is 2.86. The molecule has 3 nitrogen and oxygen atoms in total. The van der Waals surface area contributed by atoms with Gasteiger partial charge in [0.05, 0.1) is 6.61 Å². The van der Waals surface area contributed by atoms with Crippen molar-refractivity contribution in [3.63, 3.8) is 0 Å². The summed E-state index contributed by atoms with van der Waals surface area (Å²) in [4.78, 5) is 4.28. The van der Waals surface area contributed by atoms with E-state index in [1.54, 1.807) is 0 Å². The molecule has 1 atom stereocenters. The molecule has 22 heavy (non-hydrogen) atoms. The average molecular weight is 300 g/mol. The van der Waals surface area contributed by atoms with Gasteiger partial charge in [0.2, 0.25) is 0 Å². The maximum absolute atomic E-state index is 5.77. The number of benzene rings is 1. The lowest BCUT2D eigenvalue weighted by Crippen LogP contribution is -2.10. The molecule has 0 aliphatic rings. The minimum Gasteiger partial charge on any atom is -0.494 e. The Balaban J connectivity index is 1.81. The Kier molecular flexibility index (Phi) is 6.05. The fourth-order valence-electron chi connectivity index (χ4n) is 2.53. The van der Waals surface area contributed by atoms with E-state index >= 15 is 0 Å². The van der Waals surface area contributed by atoms with Gasteiger partial charge in [-0.25, -0.2) is 4.98 Å². The van der Waals surface area contributed by atoms with Crippen molar-refractivity contribution in [2.45, 2.75) is 47.1 Å². The van der Waals surface area contributed by atoms with Gasteiger partial charge in [-0.15, -0.1) is 0 Å². The lowest BCUT2D eigenvalue weighted by atomic mass is 10.0. The second kappa shape index (κ2) is 8.02. The Bertz CT molecular complexity index is 557. The highest BCUT2D eigenvalue weighted by atomic mass is 16.5. The zero-order valence-corrected chi connectivity index (χ0v) is 14.2.